The lowest BCUT2D eigenvalue weighted by atomic mass is 9.78. The van der Waals surface area contributed by atoms with E-state index in [2.05, 4.69) is 55.3 Å². The molecule has 0 amide bonds. The zero-order chi connectivity index (χ0) is 15.8. The van der Waals surface area contributed by atoms with E-state index in [-0.39, 0.29) is 11.0 Å². The Bertz CT molecular complexity index is 530. The maximum atomic E-state index is 6.39. The Morgan fingerprint density at radius 3 is 2.52 bits per heavy atom. The second-order valence-electron chi connectivity index (χ2n) is 7.15. The maximum Gasteiger partial charge on any atom is 0.162 e. The van der Waals surface area contributed by atoms with Crippen LogP contribution in [-0.2, 0) is 15.8 Å². The highest BCUT2D eigenvalue weighted by Crippen LogP contribution is 2.42. The lowest BCUT2D eigenvalue weighted by molar-refractivity contribution is -0.0648. The highest BCUT2D eigenvalue weighted by Gasteiger charge is 2.40. The van der Waals surface area contributed by atoms with Gasteiger partial charge in [-0.25, -0.2) is 9.97 Å². The summed E-state index contributed by atoms with van der Waals surface area (Å²) in [5, 5.41) is 0.542. The summed E-state index contributed by atoms with van der Waals surface area (Å²) >= 11 is 8.63. The van der Waals surface area contributed by atoms with Gasteiger partial charge in [0, 0.05) is 12.5 Å². The first-order chi connectivity index (χ1) is 9.69. The van der Waals surface area contributed by atoms with Gasteiger partial charge < -0.3 is 4.74 Å². The highest BCUT2D eigenvalue weighted by atomic mass is 127. The average molecular weight is 423 g/mol. The van der Waals surface area contributed by atoms with Crippen molar-refractivity contribution in [1.82, 2.24) is 9.97 Å². The van der Waals surface area contributed by atoms with Crippen molar-refractivity contribution in [2.24, 2.45) is 5.92 Å². The lowest BCUT2D eigenvalue weighted by Gasteiger charge is -2.38. The third kappa shape index (κ3) is 3.53. The van der Waals surface area contributed by atoms with Crippen LogP contribution in [0.4, 0.5) is 0 Å². The van der Waals surface area contributed by atoms with Crippen LogP contribution in [0.1, 0.15) is 64.9 Å². The van der Waals surface area contributed by atoms with Gasteiger partial charge in [0.15, 0.2) is 5.82 Å². The molecule has 0 aromatic carbocycles. The van der Waals surface area contributed by atoms with Gasteiger partial charge in [-0.1, -0.05) is 45.7 Å². The maximum absolute atomic E-state index is 6.39. The van der Waals surface area contributed by atoms with E-state index >= 15 is 0 Å². The average Bonchev–Trinajstić information content (AvgIpc) is 2.40. The van der Waals surface area contributed by atoms with E-state index < -0.39 is 0 Å². The first kappa shape index (κ1) is 17.4. The summed E-state index contributed by atoms with van der Waals surface area (Å²) in [4.78, 5) is 9.45. The summed E-state index contributed by atoms with van der Waals surface area (Å²) in [7, 11) is 1.77. The largest absolute Gasteiger partial charge is 0.370 e. The summed E-state index contributed by atoms with van der Waals surface area (Å²) in [6.45, 7) is 8.73. The fourth-order valence-electron chi connectivity index (χ4n) is 3.10. The van der Waals surface area contributed by atoms with E-state index in [4.69, 9.17) is 21.3 Å². The molecular formula is C16H24ClIN2O. The molecule has 0 saturated heterocycles. The van der Waals surface area contributed by atoms with Gasteiger partial charge in [0.2, 0.25) is 0 Å². The van der Waals surface area contributed by atoms with Gasteiger partial charge in [-0.2, -0.15) is 0 Å². The van der Waals surface area contributed by atoms with Gasteiger partial charge in [-0.05, 0) is 47.8 Å². The van der Waals surface area contributed by atoms with Crippen LogP contribution < -0.4 is 0 Å². The van der Waals surface area contributed by atoms with E-state index in [9.17, 15) is 0 Å². The molecule has 0 N–H and O–H groups in total. The molecule has 3 nitrogen and oxygen atoms in total. The number of nitrogens with zero attached hydrogens (tertiary/aromatic N) is 2. The van der Waals surface area contributed by atoms with Crippen molar-refractivity contribution in [2.75, 3.05) is 7.11 Å². The first-order valence-corrected chi connectivity index (χ1v) is 8.94. The molecule has 2 unspecified atom stereocenters. The van der Waals surface area contributed by atoms with Gasteiger partial charge in [0.1, 0.15) is 10.8 Å². The van der Waals surface area contributed by atoms with Gasteiger partial charge in [0.25, 0.3) is 0 Å². The van der Waals surface area contributed by atoms with Gasteiger partial charge >= 0.3 is 0 Å². The first-order valence-electron chi connectivity index (χ1n) is 7.49. The second-order valence-corrected chi connectivity index (χ2v) is 8.59. The molecular weight excluding hydrogens is 399 g/mol. The Morgan fingerprint density at radius 1 is 1.33 bits per heavy atom. The number of hydrogen-bond donors (Lipinski definition) is 0. The van der Waals surface area contributed by atoms with E-state index in [0.29, 0.717) is 11.1 Å². The summed E-state index contributed by atoms with van der Waals surface area (Å²) in [5.41, 5.74) is 0.561. The van der Waals surface area contributed by atoms with Crippen molar-refractivity contribution in [3.8, 4) is 0 Å². The number of rotatable bonds is 2. The van der Waals surface area contributed by atoms with Gasteiger partial charge in [0.05, 0.1) is 9.26 Å². The predicted octanol–water partition coefficient (Wildman–Crippen LogP) is 5.08. The zero-order valence-corrected chi connectivity index (χ0v) is 16.4. The van der Waals surface area contributed by atoms with Crippen molar-refractivity contribution >= 4 is 34.2 Å². The third-order valence-electron chi connectivity index (χ3n) is 4.28. The Hall–Kier alpha value is 0.0600. The van der Waals surface area contributed by atoms with E-state index in [0.717, 1.165) is 34.4 Å². The molecule has 1 aromatic heterocycles. The van der Waals surface area contributed by atoms with E-state index in [1.54, 1.807) is 7.11 Å². The molecule has 1 heterocycles. The van der Waals surface area contributed by atoms with Crippen molar-refractivity contribution in [3.63, 3.8) is 0 Å². The quantitative estimate of drug-likeness (QED) is 0.492. The molecule has 0 aliphatic heterocycles. The molecule has 1 aromatic rings. The predicted molar refractivity (Wildman–Crippen MR) is 94.8 cm³/mol. The Labute approximate surface area is 146 Å². The summed E-state index contributed by atoms with van der Waals surface area (Å²) < 4.78 is 6.86. The van der Waals surface area contributed by atoms with Crippen LogP contribution in [0.25, 0.3) is 0 Å². The summed E-state index contributed by atoms with van der Waals surface area (Å²) in [6.07, 6.45) is 4.32. The molecule has 118 valence electrons. The Balaban J connectivity index is 2.55. The molecule has 0 radical (unpaired) electrons. The number of aromatic nitrogens is 2. The van der Waals surface area contributed by atoms with Crippen molar-refractivity contribution < 1.29 is 4.74 Å². The minimum absolute atomic E-state index is 0.0624. The number of methoxy groups -OCH3 is 1. The zero-order valence-electron chi connectivity index (χ0n) is 13.5. The molecule has 21 heavy (non-hydrogen) atoms. The molecule has 5 heteroatoms. The van der Waals surface area contributed by atoms with Gasteiger partial charge in [-0.3, -0.25) is 0 Å². The van der Waals surface area contributed by atoms with Gasteiger partial charge in [-0.15, -0.1) is 0 Å². The molecule has 2 rings (SSSR count). The van der Waals surface area contributed by atoms with Crippen LogP contribution in [0.5, 0.6) is 0 Å². The molecule has 1 aliphatic carbocycles. The fraction of sp³-hybridized carbons (Fsp3) is 0.750. The highest BCUT2D eigenvalue weighted by molar-refractivity contribution is 14.1. The van der Waals surface area contributed by atoms with Crippen LogP contribution in [0, 0.1) is 9.49 Å². The second kappa shape index (κ2) is 6.28. The molecule has 0 spiro atoms. The molecule has 1 fully saturated rings. The van der Waals surface area contributed by atoms with Crippen molar-refractivity contribution in [3.05, 3.63) is 20.2 Å². The minimum Gasteiger partial charge on any atom is -0.370 e. The van der Waals surface area contributed by atoms with Crippen molar-refractivity contribution in [1.29, 1.82) is 0 Å². The molecule has 1 saturated carbocycles. The standard InChI is InChI=1S/C16H24ClIN2O/c1-10-7-6-8-16(9-10,21-5)14-19-12(15(2,3)4)11(18)13(17)20-14/h10H,6-9H2,1-5H3. The van der Waals surface area contributed by atoms with Crippen molar-refractivity contribution in [2.45, 2.75) is 64.4 Å². The third-order valence-corrected chi connectivity index (χ3v) is 5.89. The van der Waals surface area contributed by atoms with Crippen LogP contribution >= 0.6 is 34.2 Å². The topological polar surface area (TPSA) is 35.0 Å². The Kier molecular flexibility index (Phi) is 5.21. The fourth-order valence-corrected chi connectivity index (χ4v) is 4.32. The van der Waals surface area contributed by atoms with E-state index in [1.807, 2.05) is 0 Å². The minimum atomic E-state index is -0.383. The molecule has 0 bridgehead atoms. The SMILES string of the molecule is COC1(c2nc(Cl)c(I)c(C(C)(C)C)n2)CCCC(C)C1. The Morgan fingerprint density at radius 2 is 2.00 bits per heavy atom. The smallest absolute Gasteiger partial charge is 0.162 e. The van der Waals surface area contributed by atoms with Crippen LogP contribution in [-0.4, -0.2) is 17.1 Å². The normalized spacial score (nSPS) is 26.9. The molecule has 2 atom stereocenters. The van der Waals surface area contributed by atoms with Crippen LogP contribution in [0.2, 0.25) is 5.15 Å². The monoisotopic (exact) mass is 422 g/mol. The van der Waals surface area contributed by atoms with Crippen LogP contribution in [0.3, 0.4) is 0 Å². The summed E-state index contributed by atoms with van der Waals surface area (Å²) in [6, 6.07) is 0. The summed E-state index contributed by atoms with van der Waals surface area (Å²) in [5.74, 6) is 1.38. The van der Waals surface area contributed by atoms with E-state index in [1.165, 1.54) is 6.42 Å². The number of hydrogen-bond acceptors (Lipinski definition) is 3. The lowest BCUT2D eigenvalue weighted by Crippen LogP contribution is -2.37. The van der Waals surface area contributed by atoms with Crippen LogP contribution in [0.15, 0.2) is 0 Å². The number of ether oxygens (including phenoxy) is 1. The molecule has 1 aliphatic rings. The number of halogens is 2.